The van der Waals surface area contributed by atoms with Crippen LogP contribution >= 0.6 is 41.9 Å². The van der Waals surface area contributed by atoms with Gasteiger partial charge in [0.1, 0.15) is 0 Å². The molecule has 0 N–H and O–H groups in total. The Morgan fingerprint density at radius 1 is 0.548 bits per heavy atom. The SMILES string of the molecule is CN(C)/C=N/c1nnc(P(c2nnc(/N=C/N(C)C)s2)c2nnc(/N=C/N(C)C)s2)s1. The van der Waals surface area contributed by atoms with Crippen LogP contribution in [-0.4, -0.2) is 107 Å². The molecule has 3 aromatic heterocycles. The van der Waals surface area contributed by atoms with Gasteiger partial charge in [-0.25, -0.2) is 15.0 Å². The fourth-order valence-electron chi connectivity index (χ4n) is 1.79. The van der Waals surface area contributed by atoms with Crippen molar-refractivity contribution < 1.29 is 0 Å². The number of nitrogens with zero attached hydrogens (tertiary/aromatic N) is 12. The van der Waals surface area contributed by atoms with Crippen LogP contribution in [-0.2, 0) is 0 Å². The van der Waals surface area contributed by atoms with E-state index in [1.54, 1.807) is 19.0 Å². The van der Waals surface area contributed by atoms with Gasteiger partial charge in [-0.1, -0.05) is 34.0 Å². The number of hydrogen-bond acceptors (Lipinski definition) is 12. The summed E-state index contributed by atoms with van der Waals surface area (Å²) >= 11 is 4.18. The molecular formula is C15H21N12PS3. The molecule has 0 saturated carbocycles. The predicted octanol–water partition coefficient (Wildman–Crippen LogP) is 0.663. The van der Waals surface area contributed by atoms with Gasteiger partial charge in [0.25, 0.3) is 0 Å². The van der Waals surface area contributed by atoms with E-state index in [0.717, 1.165) is 14.2 Å². The van der Waals surface area contributed by atoms with Crippen molar-refractivity contribution >= 4 is 90.6 Å². The predicted molar refractivity (Wildman–Crippen MR) is 131 cm³/mol. The summed E-state index contributed by atoms with van der Waals surface area (Å²) in [5.41, 5.74) is 0. The molecule has 0 aromatic carbocycles. The summed E-state index contributed by atoms with van der Waals surface area (Å²) in [6.45, 7) is 0. The molecule has 0 saturated heterocycles. The lowest BCUT2D eigenvalue weighted by molar-refractivity contribution is 0.643. The molecule has 0 amide bonds. The molecule has 0 fully saturated rings. The summed E-state index contributed by atoms with van der Waals surface area (Å²) in [7, 11) is 10.2. The number of aromatic nitrogens is 6. The van der Waals surface area contributed by atoms with Gasteiger partial charge in [0, 0.05) is 42.3 Å². The van der Waals surface area contributed by atoms with Crippen LogP contribution in [0.15, 0.2) is 15.0 Å². The molecule has 0 aliphatic rings. The Morgan fingerprint density at radius 3 is 1.10 bits per heavy atom. The molecule has 3 aromatic rings. The van der Waals surface area contributed by atoms with Gasteiger partial charge in [-0.3, -0.25) is 0 Å². The third-order valence-electron chi connectivity index (χ3n) is 2.98. The topological polar surface area (TPSA) is 124 Å². The van der Waals surface area contributed by atoms with E-state index in [0.29, 0.717) is 15.4 Å². The highest BCUT2D eigenvalue weighted by Gasteiger charge is 2.29. The van der Waals surface area contributed by atoms with Crippen LogP contribution in [0.5, 0.6) is 0 Å². The van der Waals surface area contributed by atoms with Gasteiger partial charge in [0.15, 0.2) is 14.2 Å². The van der Waals surface area contributed by atoms with Crippen LogP contribution in [0.1, 0.15) is 0 Å². The molecule has 0 unspecified atom stereocenters. The highest BCUT2D eigenvalue weighted by molar-refractivity contribution is 7.90. The summed E-state index contributed by atoms with van der Waals surface area (Å²) in [6.07, 6.45) is 5.06. The summed E-state index contributed by atoms with van der Waals surface area (Å²) in [5.74, 6) is 0. The Morgan fingerprint density at radius 2 is 0.839 bits per heavy atom. The minimum absolute atomic E-state index is 0.557. The zero-order valence-corrected chi connectivity index (χ0v) is 21.1. The second kappa shape index (κ2) is 10.7. The first-order chi connectivity index (χ1) is 14.8. The lowest BCUT2D eigenvalue weighted by atomic mass is 10.9. The van der Waals surface area contributed by atoms with Gasteiger partial charge >= 0.3 is 0 Å². The number of aliphatic imine (C=N–C) groups is 3. The zero-order chi connectivity index (χ0) is 22.4. The Kier molecular flexibility index (Phi) is 8.01. The lowest BCUT2D eigenvalue weighted by Crippen LogP contribution is -2.20. The normalized spacial score (nSPS) is 12.1. The van der Waals surface area contributed by atoms with E-state index >= 15 is 0 Å². The molecule has 12 nitrogen and oxygen atoms in total. The average molecular weight is 497 g/mol. The number of rotatable bonds is 9. The minimum atomic E-state index is -1.19. The van der Waals surface area contributed by atoms with Crippen LogP contribution in [0.4, 0.5) is 15.4 Å². The van der Waals surface area contributed by atoms with Crippen LogP contribution in [0.25, 0.3) is 0 Å². The van der Waals surface area contributed by atoms with Crippen molar-refractivity contribution in [1.82, 2.24) is 45.3 Å². The van der Waals surface area contributed by atoms with Crippen molar-refractivity contribution in [3.8, 4) is 0 Å². The third-order valence-corrected chi connectivity index (χ3v) is 8.76. The molecule has 0 atom stereocenters. The van der Waals surface area contributed by atoms with Crippen LogP contribution in [0.3, 0.4) is 0 Å². The van der Waals surface area contributed by atoms with Crippen molar-refractivity contribution in [2.45, 2.75) is 0 Å². The van der Waals surface area contributed by atoms with Crippen LogP contribution in [0.2, 0.25) is 0 Å². The fraction of sp³-hybridized carbons (Fsp3) is 0.400. The standard InChI is InChI=1S/C15H21N12PS3/c1-25(2)7-16-10-19-22-13(29-10)28(14-23-20-11(30-14)17-8-26(3)4)15-24-21-12(31-15)18-9-27(5)6/h7-9H,1-6H3/b16-7+,17-8+,18-9+. The maximum absolute atomic E-state index is 4.36. The summed E-state index contributed by atoms with van der Waals surface area (Å²) in [5, 5.41) is 27.3. The zero-order valence-electron chi connectivity index (χ0n) is 17.8. The highest BCUT2D eigenvalue weighted by atomic mass is 32.1. The smallest absolute Gasteiger partial charge is 0.233 e. The first kappa shape index (κ1) is 23.2. The highest BCUT2D eigenvalue weighted by Crippen LogP contribution is 2.39. The van der Waals surface area contributed by atoms with Crippen molar-refractivity contribution in [3.63, 3.8) is 0 Å². The van der Waals surface area contributed by atoms with E-state index < -0.39 is 7.92 Å². The van der Waals surface area contributed by atoms with Gasteiger partial charge in [-0.2, -0.15) is 0 Å². The molecule has 3 rings (SSSR count). The minimum Gasteiger partial charge on any atom is -0.369 e. The van der Waals surface area contributed by atoms with Gasteiger partial charge in [-0.15, -0.1) is 30.6 Å². The summed E-state index contributed by atoms with van der Waals surface area (Å²) < 4.78 is 2.29. The first-order valence-corrected chi connectivity index (χ1v) is 12.5. The quantitative estimate of drug-likeness (QED) is 0.239. The van der Waals surface area contributed by atoms with E-state index in [1.807, 2.05) is 57.0 Å². The molecule has 0 radical (unpaired) electrons. The van der Waals surface area contributed by atoms with Crippen LogP contribution in [0, 0.1) is 0 Å². The number of hydrogen-bond donors (Lipinski definition) is 0. The van der Waals surface area contributed by atoms with Gasteiger partial charge in [0.05, 0.1) is 26.9 Å². The Labute approximate surface area is 192 Å². The Hall–Kier alpha value is -2.48. The molecule has 164 valence electrons. The van der Waals surface area contributed by atoms with Crippen molar-refractivity contribution in [2.24, 2.45) is 15.0 Å². The third kappa shape index (κ3) is 6.75. The van der Waals surface area contributed by atoms with Gasteiger partial charge in [-0.05, 0) is 0 Å². The molecule has 0 aliphatic heterocycles. The molecule has 0 aliphatic carbocycles. The monoisotopic (exact) mass is 496 g/mol. The van der Waals surface area contributed by atoms with Crippen molar-refractivity contribution in [1.29, 1.82) is 0 Å². The largest absolute Gasteiger partial charge is 0.369 e. The first-order valence-electron chi connectivity index (χ1n) is 8.74. The fourth-order valence-corrected chi connectivity index (χ4v) is 7.87. The maximum Gasteiger partial charge on any atom is 0.233 e. The summed E-state index contributed by atoms with van der Waals surface area (Å²) in [4.78, 5) is 18.5. The molecule has 16 heteroatoms. The van der Waals surface area contributed by atoms with E-state index in [4.69, 9.17) is 0 Å². The summed E-state index contributed by atoms with van der Waals surface area (Å²) in [6, 6.07) is 0. The molecular weight excluding hydrogens is 475 g/mol. The van der Waals surface area contributed by atoms with E-state index in [9.17, 15) is 0 Å². The average Bonchev–Trinajstić information content (AvgIpc) is 3.45. The van der Waals surface area contributed by atoms with Gasteiger partial charge in [0.2, 0.25) is 15.4 Å². The van der Waals surface area contributed by atoms with Crippen molar-refractivity contribution in [3.05, 3.63) is 0 Å². The Balaban J connectivity index is 1.97. The van der Waals surface area contributed by atoms with Gasteiger partial charge < -0.3 is 14.7 Å². The lowest BCUT2D eigenvalue weighted by Gasteiger charge is -2.05. The van der Waals surface area contributed by atoms with E-state index in [2.05, 4.69) is 45.6 Å². The Bertz CT molecular complexity index is 933. The van der Waals surface area contributed by atoms with E-state index in [-0.39, 0.29) is 0 Å². The maximum atomic E-state index is 4.36. The molecule has 0 bridgehead atoms. The van der Waals surface area contributed by atoms with Crippen LogP contribution < -0.4 is 14.2 Å². The van der Waals surface area contributed by atoms with Crippen molar-refractivity contribution in [2.75, 3.05) is 42.3 Å². The molecule has 31 heavy (non-hydrogen) atoms. The van der Waals surface area contributed by atoms with E-state index in [1.165, 1.54) is 34.0 Å². The second-order valence-corrected chi connectivity index (χ2v) is 12.3. The second-order valence-electron chi connectivity index (χ2n) is 6.56. The molecule has 0 spiro atoms. The molecule has 3 heterocycles.